The first kappa shape index (κ1) is 10.6. The number of hydrogen-bond acceptors (Lipinski definition) is 1. The molecule has 0 aliphatic rings. The number of hydrogen-bond donors (Lipinski definition) is 0. The molecule has 44 valence electrons. The van der Waals surface area contributed by atoms with Gasteiger partial charge in [0.25, 0.3) is 0 Å². The Kier molecular flexibility index (Phi) is 14.7. The van der Waals surface area contributed by atoms with Crippen LogP contribution < -0.4 is 0 Å². The van der Waals surface area contributed by atoms with Gasteiger partial charge in [0.05, 0.1) is 6.61 Å². The summed E-state index contributed by atoms with van der Waals surface area (Å²) in [6.07, 6.45) is 1.74. The van der Waals surface area contributed by atoms with E-state index in [2.05, 4.69) is 6.58 Å². The Morgan fingerprint density at radius 1 is 1.71 bits per heavy atom. The van der Waals surface area contributed by atoms with E-state index in [0.29, 0.717) is 6.61 Å². The van der Waals surface area contributed by atoms with E-state index >= 15 is 0 Å². The molecule has 0 heterocycles. The Hall–Kier alpha value is 0.596. The number of ether oxygens (including phenoxy) is 1. The molecule has 0 aliphatic heterocycles. The summed E-state index contributed by atoms with van der Waals surface area (Å²) >= 11 is 0. The minimum absolute atomic E-state index is 0. The molecule has 0 aromatic heterocycles. The molecule has 0 N–H and O–H groups in total. The van der Waals surface area contributed by atoms with Crippen LogP contribution in [0.25, 0.3) is 0 Å². The van der Waals surface area contributed by atoms with Crippen LogP contribution >= 0.6 is 0 Å². The molecular weight excluding hydrogens is 285 g/mol. The van der Waals surface area contributed by atoms with Gasteiger partial charge in [-0.3, -0.25) is 0 Å². The van der Waals surface area contributed by atoms with Gasteiger partial charge in [-0.1, -0.05) is 6.08 Å². The second-order valence-corrected chi connectivity index (χ2v) is 0.948. The fourth-order valence-corrected chi connectivity index (χ4v) is 0.201. The van der Waals surface area contributed by atoms with Crippen LogP contribution in [0.5, 0.6) is 0 Å². The van der Waals surface area contributed by atoms with Crippen LogP contribution in [0, 0.1) is 0 Å². The molecule has 0 radical (unpaired) electrons. The van der Waals surface area contributed by atoms with Crippen molar-refractivity contribution in [3.63, 3.8) is 0 Å². The van der Waals surface area contributed by atoms with Crippen molar-refractivity contribution >= 4 is 26.6 Å². The standard InChI is InChI=1S/C5H10O.Po.2H/c1-3-5-6-4-2;;;/h3H,1,4-5H2,2H3;;;. The van der Waals surface area contributed by atoms with Gasteiger partial charge in [-0.2, -0.15) is 0 Å². The monoisotopic (exact) mass is 297 g/mol. The van der Waals surface area contributed by atoms with Crippen LogP contribution in [0.1, 0.15) is 6.92 Å². The van der Waals surface area contributed by atoms with Crippen molar-refractivity contribution in [1.29, 1.82) is 0 Å². The first-order valence-corrected chi connectivity index (χ1v) is 2.10. The third-order valence-corrected chi connectivity index (χ3v) is 0.440. The van der Waals surface area contributed by atoms with Crippen LogP contribution in [0.15, 0.2) is 12.7 Å². The minimum atomic E-state index is 0. The summed E-state index contributed by atoms with van der Waals surface area (Å²) < 4.78 is 4.86. The van der Waals surface area contributed by atoms with Crippen LogP contribution in [-0.2, 0) is 4.74 Å². The fourth-order valence-electron chi connectivity index (χ4n) is 0.201. The normalized spacial score (nSPS) is 7.00. The maximum atomic E-state index is 4.86. The molecule has 0 aliphatic carbocycles. The molecule has 0 aromatic rings. The van der Waals surface area contributed by atoms with Crippen molar-refractivity contribution in [3.05, 3.63) is 12.7 Å². The van der Waals surface area contributed by atoms with Crippen LogP contribution in [-0.4, -0.2) is 39.8 Å². The zero-order valence-electron chi connectivity index (χ0n) is 4.61. The van der Waals surface area contributed by atoms with E-state index < -0.39 is 0 Å². The maximum absolute atomic E-state index is 4.86. The predicted octanol–water partition coefficient (Wildman–Crippen LogP) is 0.293. The Morgan fingerprint density at radius 3 is 2.43 bits per heavy atom. The molecule has 0 amide bonds. The van der Waals surface area contributed by atoms with E-state index in [1.54, 1.807) is 6.08 Å². The van der Waals surface area contributed by atoms with E-state index in [1.807, 2.05) is 6.92 Å². The van der Waals surface area contributed by atoms with Crippen molar-refractivity contribution in [3.8, 4) is 0 Å². The Balaban J connectivity index is 0. The molecule has 0 rings (SSSR count). The molecule has 2 heteroatoms. The molecule has 7 heavy (non-hydrogen) atoms. The van der Waals surface area contributed by atoms with E-state index in [9.17, 15) is 0 Å². The third-order valence-electron chi connectivity index (χ3n) is 0.440. The summed E-state index contributed by atoms with van der Waals surface area (Å²) in [7, 11) is 0. The van der Waals surface area contributed by atoms with Gasteiger partial charge in [-0.25, -0.2) is 0 Å². The van der Waals surface area contributed by atoms with Gasteiger partial charge in [-0.05, 0) is 6.92 Å². The summed E-state index contributed by atoms with van der Waals surface area (Å²) in [4.78, 5) is 0. The molecule has 0 unspecified atom stereocenters. The molecule has 0 saturated carbocycles. The van der Waals surface area contributed by atoms with Gasteiger partial charge in [0.15, 0.2) is 0 Å². The van der Waals surface area contributed by atoms with Crippen LogP contribution in [0.3, 0.4) is 0 Å². The van der Waals surface area contributed by atoms with E-state index in [-0.39, 0.29) is 26.6 Å². The molecule has 1 nitrogen and oxygen atoms in total. The first-order chi connectivity index (χ1) is 2.91. The Labute approximate surface area is 64.2 Å². The Bertz CT molecular complexity index is 37.1. The van der Waals surface area contributed by atoms with Crippen molar-refractivity contribution < 1.29 is 4.74 Å². The summed E-state index contributed by atoms with van der Waals surface area (Å²) in [6.45, 7) is 6.90. The zero-order valence-corrected chi connectivity index (χ0v) is 8.49. The second kappa shape index (κ2) is 9.78. The van der Waals surface area contributed by atoms with Gasteiger partial charge in [-0.15, -0.1) is 6.58 Å². The topological polar surface area (TPSA) is 9.23 Å². The van der Waals surface area contributed by atoms with E-state index in [1.165, 1.54) is 0 Å². The summed E-state index contributed by atoms with van der Waals surface area (Å²) in [6, 6.07) is 0. The van der Waals surface area contributed by atoms with Gasteiger partial charge in [0.1, 0.15) is 0 Å². The zero-order chi connectivity index (χ0) is 4.83. The SMILES string of the molecule is C=CCOCC.[PoH2]. The third kappa shape index (κ3) is 10.8. The van der Waals surface area contributed by atoms with Gasteiger partial charge < -0.3 is 4.74 Å². The van der Waals surface area contributed by atoms with Crippen molar-refractivity contribution in [2.75, 3.05) is 13.2 Å². The molecule has 0 bridgehead atoms. The predicted molar refractivity (Wildman–Crippen MR) is 35.2 cm³/mol. The average molecular weight is 297 g/mol. The second-order valence-electron chi connectivity index (χ2n) is 0.948. The van der Waals surface area contributed by atoms with Crippen molar-refractivity contribution in [2.45, 2.75) is 6.92 Å². The molecule has 0 aromatic carbocycles. The first-order valence-electron chi connectivity index (χ1n) is 2.10. The summed E-state index contributed by atoms with van der Waals surface area (Å²) in [5.74, 6) is 0. The van der Waals surface area contributed by atoms with Crippen LogP contribution in [0.2, 0.25) is 0 Å². The van der Waals surface area contributed by atoms with E-state index in [0.717, 1.165) is 6.61 Å². The average Bonchev–Trinajstić information content (AvgIpc) is 1.61. The summed E-state index contributed by atoms with van der Waals surface area (Å²) in [5.41, 5.74) is 0. The molecule has 0 atom stereocenters. The van der Waals surface area contributed by atoms with Gasteiger partial charge >= 0.3 is 26.6 Å². The van der Waals surface area contributed by atoms with Crippen molar-refractivity contribution in [1.82, 2.24) is 0 Å². The Morgan fingerprint density at radius 2 is 2.29 bits per heavy atom. The van der Waals surface area contributed by atoms with E-state index in [4.69, 9.17) is 4.74 Å². The fraction of sp³-hybridized carbons (Fsp3) is 0.600. The molecule has 0 spiro atoms. The number of rotatable bonds is 3. The van der Waals surface area contributed by atoms with Gasteiger partial charge in [0.2, 0.25) is 0 Å². The quantitative estimate of drug-likeness (QED) is 0.537. The van der Waals surface area contributed by atoms with Gasteiger partial charge in [0, 0.05) is 6.61 Å². The van der Waals surface area contributed by atoms with Crippen molar-refractivity contribution in [2.24, 2.45) is 0 Å². The molecule has 0 fully saturated rings. The molecular formula is C5H12OPo. The summed E-state index contributed by atoms with van der Waals surface area (Å²) in [5, 5.41) is 0. The molecule has 0 saturated heterocycles. The van der Waals surface area contributed by atoms with Crippen LogP contribution in [0.4, 0.5) is 0 Å².